The molecule has 0 aliphatic carbocycles. The van der Waals surface area contributed by atoms with E-state index in [0.29, 0.717) is 11.6 Å². The van der Waals surface area contributed by atoms with Crippen LogP contribution in [-0.2, 0) is 5.41 Å². The first-order valence-corrected chi connectivity index (χ1v) is 5.95. The van der Waals surface area contributed by atoms with E-state index in [4.69, 9.17) is 10.5 Å². The van der Waals surface area contributed by atoms with Crippen LogP contribution in [0.2, 0.25) is 0 Å². The second kappa shape index (κ2) is 6.36. The van der Waals surface area contributed by atoms with Gasteiger partial charge in [0.25, 0.3) is 0 Å². The maximum atomic E-state index is 5.63. The molecule has 0 fully saturated rings. The summed E-state index contributed by atoms with van der Waals surface area (Å²) in [5.74, 6) is 1.33. The Morgan fingerprint density at radius 2 is 1.63 bits per heavy atom. The minimum atomic E-state index is 0. The Labute approximate surface area is 134 Å². The van der Waals surface area contributed by atoms with Gasteiger partial charge in [-0.2, -0.15) is 0 Å². The first-order valence-electron chi connectivity index (χ1n) is 5.95. The average molecular weight is 452 g/mol. The summed E-state index contributed by atoms with van der Waals surface area (Å²) in [6.45, 7) is 6.55. The van der Waals surface area contributed by atoms with Gasteiger partial charge in [-0.15, -0.1) is 0 Å². The topological polar surface area (TPSA) is 48.1 Å². The molecule has 1 heterocycles. The molecule has 2 radical (unpaired) electrons. The quantitative estimate of drug-likeness (QED) is 0.715. The first-order chi connectivity index (χ1) is 8.45. The molecule has 1 aromatic carbocycles. The van der Waals surface area contributed by atoms with Gasteiger partial charge in [0, 0.05) is 6.07 Å². The molecular weight excluding hydrogens is 431 g/mol. The molecule has 2 aromatic rings. The molecule has 0 unspecified atom stereocenters. The number of nitrogens with zero attached hydrogens (tertiary/aromatic N) is 1. The predicted molar refractivity (Wildman–Crippen MR) is 82.4 cm³/mol. The van der Waals surface area contributed by atoms with Crippen LogP contribution in [0.3, 0.4) is 0 Å². The van der Waals surface area contributed by atoms with E-state index in [1.807, 2.05) is 12.1 Å². The monoisotopic (exact) mass is 452 g/mol. The number of hydrogen-bond acceptors (Lipinski definition) is 3. The summed E-state index contributed by atoms with van der Waals surface area (Å²) in [6, 6.07) is 11.6. The van der Waals surface area contributed by atoms with Crippen molar-refractivity contribution in [2.24, 2.45) is 0 Å². The second-order valence-corrected chi connectivity index (χ2v) is 5.31. The molecule has 19 heavy (non-hydrogen) atoms. The molecule has 0 saturated carbocycles. The van der Waals surface area contributed by atoms with Gasteiger partial charge in [-0.1, -0.05) is 32.9 Å². The zero-order valence-corrected chi connectivity index (χ0v) is 17.2. The van der Waals surface area contributed by atoms with E-state index in [1.165, 1.54) is 5.56 Å². The molecule has 1 aromatic heterocycles. The number of anilines is 1. The van der Waals surface area contributed by atoms with E-state index in [-0.39, 0.29) is 32.7 Å². The van der Waals surface area contributed by atoms with Crippen LogP contribution in [0.1, 0.15) is 26.3 Å². The number of benzene rings is 1. The standard InChI is InChI=1S/C15H18N2O.Pb.2H/c1-15(2,3)11-4-7-13(8-5-11)18-14-9-6-12(16)10-17-14;;;/h4-10H,16H2,1-3H3;;;. The molecule has 0 bridgehead atoms. The zero-order valence-electron chi connectivity index (χ0n) is 11.7. The Morgan fingerprint density at radius 3 is 2.11 bits per heavy atom. The molecule has 0 atom stereocenters. The molecule has 0 spiro atoms. The molecule has 2 rings (SSSR count). The van der Waals surface area contributed by atoms with Crippen LogP contribution < -0.4 is 10.5 Å². The van der Waals surface area contributed by atoms with E-state index in [2.05, 4.69) is 37.9 Å². The Balaban J connectivity index is 0.00000180. The van der Waals surface area contributed by atoms with Gasteiger partial charge in [0.2, 0.25) is 5.88 Å². The Bertz CT molecular complexity index is 515. The number of nitrogen functional groups attached to an aromatic ring is 1. The predicted octanol–water partition coefficient (Wildman–Crippen LogP) is 2.84. The SMILES string of the molecule is CC(C)(C)c1ccc(Oc2ccc(N)cn2)cc1.[PbH2]. The second-order valence-electron chi connectivity index (χ2n) is 5.31. The van der Waals surface area contributed by atoms with E-state index in [1.54, 1.807) is 18.3 Å². The molecule has 0 aliphatic rings. The summed E-state index contributed by atoms with van der Waals surface area (Å²) in [6.07, 6.45) is 1.58. The first kappa shape index (κ1) is 15.9. The third-order valence-electron chi connectivity index (χ3n) is 2.70. The third kappa shape index (κ3) is 4.49. The number of hydrogen-bond donors (Lipinski definition) is 1. The summed E-state index contributed by atoms with van der Waals surface area (Å²) in [5, 5.41) is 0. The van der Waals surface area contributed by atoms with Crippen LogP contribution in [-0.4, -0.2) is 32.3 Å². The van der Waals surface area contributed by atoms with Gasteiger partial charge in [-0.05, 0) is 29.2 Å². The van der Waals surface area contributed by atoms with Gasteiger partial charge in [-0.25, -0.2) is 4.98 Å². The fourth-order valence-electron chi connectivity index (χ4n) is 1.60. The fourth-order valence-corrected chi connectivity index (χ4v) is 1.60. The molecule has 0 amide bonds. The minimum absolute atomic E-state index is 0. The maximum absolute atomic E-state index is 5.63. The molecule has 0 aliphatic heterocycles. The molecule has 100 valence electrons. The summed E-state index contributed by atoms with van der Waals surface area (Å²) in [5.41, 5.74) is 7.63. The summed E-state index contributed by atoms with van der Waals surface area (Å²) < 4.78 is 5.63. The van der Waals surface area contributed by atoms with Crippen molar-refractivity contribution in [2.45, 2.75) is 26.2 Å². The van der Waals surface area contributed by atoms with Gasteiger partial charge in [0.15, 0.2) is 0 Å². The molecule has 4 heteroatoms. The van der Waals surface area contributed by atoms with Crippen molar-refractivity contribution in [1.82, 2.24) is 4.98 Å². The number of rotatable bonds is 2. The van der Waals surface area contributed by atoms with Crippen molar-refractivity contribution in [2.75, 3.05) is 5.73 Å². The van der Waals surface area contributed by atoms with Gasteiger partial charge >= 0.3 is 27.3 Å². The Kier molecular flexibility index (Phi) is 5.34. The average Bonchev–Trinajstić information content (AvgIpc) is 2.32. The summed E-state index contributed by atoms with van der Waals surface area (Å²) in [7, 11) is 0. The molecule has 0 saturated heterocycles. The summed E-state index contributed by atoms with van der Waals surface area (Å²) in [4.78, 5) is 4.10. The molecule has 3 nitrogen and oxygen atoms in total. The van der Waals surface area contributed by atoms with Crippen molar-refractivity contribution < 1.29 is 4.74 Å². The van der Waals surface area contributed by atoms with E-state index in [0.717, 1.165) is 5.75 Å². The number of pyridine rings is 1. The molecule has 2 N–H and O–H groups in total. The van der Waals surface area contributed by atoms with Crippen molar-refractivity contribution in [3.8, 4) is 11.6 Å². The van der Waals surface area contributed by atoms with Crippen molar-refractivity contribution in [1.29, 1.82) is 0 Å². The van der Waals surface area contributed by atoms with Crippen LogP contribution >= 0.6 is 0 Å². The van der Waals surface area contributed by atoms with Crippen molar-refractivity contribution >= 4 is 33.0 Å². The van der Waals surface area contributed by atoms with Crippen LogP contribution in [0.4, 0.5) is 5.69 Å². The van der Waals surface area contributed by atoms with Crippen LogP contribution in [0.25, 0.3) is 0 Å². The molecular formula is C15H20N2OPb. The van der Waals surface area contributed by atoms with Crippen LogP contribution in [0.5, 0.6) is 11.6 Å². The van der Waals surface area contributed by atoms with Crippen molar-refractivity contribution in [3.63, 3.8) is 0 Å². The van der Waals surface area contributed by atoms with Crippen LogP contribution in [0, 0.1) is 0 Å². The third-order valence-corrected chi connectivity index (χ3v) is 2.70. The van der Waals surface area contributed by atoms with Gasteiger partial charge < -0.3 is 10.5 Å². The number of aromatic nitrogens is 1. The fraction of sp³-hybridized carbons (Fsp3) is 0.267. The Hall–Kier alpha value is -1.11. The van der Waals surface area contributed by atoms with E-state index < -0.39 is 0 Å². The van der Waals surface area contributed by atoms with Gasteiger partial charge in [-0.3, -0.25) is 0 Å². The number of ether oxygens (including phenoxy) is 1. The van der Waals surface area contributed by atoms with E-state index in [9.17, 15) is 0 Å². The zero-order chi connectivity index (χ0) is 13.2. The van der Waals surface area contributed by atoms with Gasteiger partial charge in [0.1, 0.15) is 5.75 Å². The summed E-state index contributed by atoms with van der Waals surface area (Å²) >= 11 is 0. The van der Waals surface area contributed by atoms with Crippen molar-refractivity contribution in [3.05, 3.63) is 48.2 Å². The Morgan fingerprint density at radius 1 is 1.00 bits per heavy atom. The van der Waals surface area contributed by atoms with E-state index >= 15 is 0 Å². The number of nitrogens with two attached hydrogens (primary N) is 1. The van der Waals surface area contributed by atoms with Gasteiger partial charge in [0.05, 0.1) is 11.9 Å². The normalized spacial score (nSPS) is 10.7. The van der Waals surface area contributed by atoms with Crippen LogP contribution in [0.15, 0.2) is 42.6 Å².